The number of urea groups is 1. The molecule has 0 spiro atoms. The first-order valence-corrected chi connectivity index (χ1v) is 6.39. The highest BCUT2D eigenvalue weighted by molar-refractivity contribution is 6.06. The van der Waals surface area contributed by atoms with E-state index < -0.39 is 23.6 Å². The van der Waals surface area contributed by atoms with Crippen molar-refractivity contribution in [1.29, 1.82) is 0 Å². The van der Waals surface area contributed by atoms with E-state index in [1.54, 1.807) is 13.8 Å². The molecular weight excluding hydrogens is 276 g/mol. The molecular formula is C14H16N2O5. The summed E-state index contributed by atoms with van der Waals surface area (Å²) < 4.78 is 0. The van der Waals surface area contributed by atoms with E-state index in [9.17, 15) is 19.5 Å². The highest BCUT2D eigenvalue weighted by atomic mass is 16.4. The second-order valence-corrected chi connectivity index (χ2v) is 5.17. The van der Waals surface area contributed by atoms with Crippen molar-refractivity contribution in [2.75, 3.05) is 7.05 Å². The van der Waals surface area contributed by atoms with Crippen LogP contribution in [0.25, 0.3) is 0 Å². The third-order valence-electron chi connectivity index (χ3n) is 3.55. The van der Waals surface area contributed by atoms with E-state index in [4.69, 9.17) is 5.11 Å². The van der Waals surface area contributed by atoms with Gasteiger partial charge in [0.25, 0.3) is 5.91 Å². The second kappa shape index (κ2) is 4.85. The molecule has 21 heavy (non-hydrogen) atoms. The Morgan fingerprint density at radius 1 is 1.19 bits per heavy atom. The zero-order chi connectivity index (χ0) is 15.9. The van der Waals surface area contributed by atoms with E-state index in [0.29, 0.717) is 0 Å². The Hall–Kier alpha value is -2.41. The van der Waals surface area contributed by atoms with Gasteiger partial charge in [0, 0.05) is 18.7 Å². The van der Waals surface area contributed by atoms with Gasteiger partial charge in [-0.2, -0.15) is 0 Å². The Kier molecular flexibility index (Phi) is 3.46. The molecule has 7 nitrogen and oxygen atoms in total. The van der Waals surface area contributed by atoms with Gasteiger partial charge in [-0.15, -0.1) is 0 Å². The fourth-order valence-electron chi connectivity index (χ4n) is 2.32. The van der Waals surface area contributed by atoms with E-state index in [-0.39, 0.29) is 17.2 Å². The summed E-state index contributed by atoms with van der Waals surface area (Å²) >= 11 is 0. The van der Waals surface area contributed by atoms with E-state index in [2.05, 4.69) is 0 Å². The summed E-state index contributed by atoms with van der Waals surface area (Å²) in [6, 6.07) is 4.22. The van der Waals surface area contributed by atoms with Gasteiger partial charge in [0.15, 0.2) is 0 Å². The third-order valence-corrected chi connectivity index (χ3v) is 3.55. The van der Waals surface area contributed by atoms with E-state index >= 15 is 0 Å². The molecule has 2 N–H and O–H groups in total. The summed E-state index contributed by atoms with van der Waals surface area (Å²) in [6.07, 6.45) is 0. The summed E-state index contributed by atoms with van der Waals surface area (Å²) in [7, 11) is 1.33. The molecule has 1 unspecified atom stereocenters. The molecule has 112 valence electrons. The fourth-order valence-corrected chi connectivity index (χ4v) is 2.32. The first-order valence-electron chi connectivity index (χ1n) is 6.39. The average molecular weight is 292 g/mol. The van der Waals surface area contributed by atoms with Crippen LogP contribution < -0.4 is 0 Å². The number of aromatic carboxylic acids is 1. The van der Waals surface area contributed by atoms with Crippen molar-refractivity contribution in [3.63, 3.8) is 0 Å². The largest absolute Gasteiger partial charge is 0.478 e. The second-order valence-electron chi connectivity index (χ2n) is 5.17. The molecule has 0 bridgehead atoms. The maximum absolute atomic E-state index is 12.4. The van der Waals surface area contributed by atoms with Crippen LogP contribution in [0.4, 0.5) is 4.79 Å². The average Bonchev–Trinajstić information content (AvgIpc) is 2.61. The Bertz CT molecular complexity index is 610. The highest BCUT2D eigenvalue weighted by Gasteiger charge is 2.56. The van der Waals surface area contributed by atoms with Gasteiger partial charge in [0.1, 0.15) is 0 Å². The number of carbonyl (C=O) groups is 3. The number of hydrogen-bond donors (Lipinski definition) is 2. The molecule has 1 heterocycles. The standard InChI is InChI=1S/C14H16N2O5/c1-8(2)16-12(19)14(21,15(3)13(16)20)10-6-4-9(5-7-10)11(17)18/h4-8,21H,1-3H3,(H,17,18). The summed E-state index contributed by atoms with van der Waals surface area (Å²) in [4.78, 5) is 37.3. The molecule has 1 fully saturated rings. The quantitative estimate of drug-likeness (QED) is 0.804. The number of nitrogens with zero attached hydrogens (tertiary/aromatic N) is 2. The number of imide groups is 1. The van der Waals surface area contributed by atoms with E-state index in [1.165, 1.54) is 31.3 Å². The minimum absolute atomic E-state index is 0.0301. The maximum atomic E-state index is 12.4. The maximum Gasteiger partial charge on any atom is 0.335 e. The van der Waals surface area contributed by atoms with Gasteiger partial charge < -0.3 is 10.2 Å². The Morgan fingerprint density at radius 2 is 1.71 bits per heavy atom. The number of carbonyl (C=O) groups excluding carboxylic acids is 2. The van der Waals surface area contributed by atoms with Crippen molar-refractivity contribution < 1.29 is 24.6 Å². The van der Waals surface area contributed by atoms with Crippen molar-refractivity contribution in [1.82, 2.24) is 9.80 Å². The lowest BCUT2D eigenvalue weighted by molar-refractivity contribution is -0.154. The SMILES string of the molecule is CC(C)N1C(=O)N(C)C(O)(c2ccc(C(=O)O)cc2)C1=O. The number of benzene rings is 1. The van der Waals surface area contributed by atoms with Crippen LogP contribution in [0.2, 0.25) is 0 Å². The van der Waals surface area contributed by atoms with Crippen LogP contribution in [0.3, 0.4) is 0 Å². The normalized spacial score (nSPS) is 22.3. The molecule has 1 aliphatic heterocycles. The minimum atomic E-state index is -2.11. The predicted molar refractivity (Wildman–Crippen MR) is 72.4 cm³/mol. The number of amides is 3. The number of carboxylic acids is 1. The molecule has 1 saturated heterocycles. The molecule has 2 rings (SSSR count). The molecule has 0 aliphatic carbocycles. The van der Waals surface area contributed by atoms with Crippen LogP contribution >= 0.6 is 0 Å². The van der Waals surface area contributed by atoms with Gasteiger partial charge in [-0.1, -0.05) is 12.1 Å². The van der Waals surface area contributed by atoms with E-state index in [1.807, 2.05) is 0 Å². The molecule has 7 heteroatoms. The van der Waals surface area contributed by atoms with E-state index in [0.717, 1.165) is 9.80 Å². The molecule has 3 amide bonds. The number of carboxylic acid groups (broad SMARTS) is 1. The predicted octanol–water partition coefficient (Wildman–Crippen LogP) is 0.832. The number of aliphatic hydroxyl groups is 1. The van der Waals surface area contributed by atoms with Gasteiger partial charge >= 0.3 is 12.0 Å². The minimum Gasteiger partial charge on any atom is -0.478 e. The first-order chi connectivity index (χ1) is 9.71. The number of rotatable bonds is 3. The zero-order valence-corrected chi connectivity index (χ0v) is 11.9. The topological polar surface area (TPSA) is 98.2 Å². The first kappa shape index (κ1) is 15.0. The Labute approximate surface area is 121 Å². The van der Waals surface area contributed by atoms with Crippen molar-refractivity contribution in [3.05, 3.63) is 35.4 Å². The monoisotopic (exact) mass is 292 g/mol. The van der Waals surface area contributed by atoms with Gasteiger partial charge in [-0.3, -0.25) is 14.6 Å². The summed E-state index contributed by atoms with van der Waals surface area (Å²) in [6.45, 7) is 3.34. The zero-order valence-electron chi connectivity index (χ0n) is 11.9. The van der Waals surface area contributed by atoms with Crippen molar-refractivity contribution in [3.8, 4) is 0 Å². The molecule has 0 saturated carbocycles. The van der Waals surface area contributed by atoms with Gasteiger partial charge in [0.05, 0.1) is 5.56 Å². The lowest BCUT2D eigenvalue weighted by atomic mass is 10.00. The smallest absolute Gasteiger partial charge is 0.335 e. The van der Waals surface area contributed by atoms with Crippen molar-refractivity contribution in [2.45, 2.75) is 25.6 Å². The lowest BCUT2D eigenvalue weighted by Gasteiger charge is -2.27. The molecule has 1 aromatic carbocycles. The van der Waals surface area contributed by atoms with Crippen LogP contribution in [-0.2, 0) is 10.5 Å². The van der Waals surface area contributed by atoms with Crippen LogP contribution in [0.1, 0.15) is 29.8 Å². The van der Waals surface area contributed by atoms with Crippen molar-refractivity contribution in [2.24, 2.45) is 0 Å². The summed E-state index contributed by atoms with van der Waals surface area (Å²) in [5.74, 6) is -1.85. The number of hydrogen-bond acceptors (Lipinski definition) is 4. The molecule has 0 radical (unpaired) electrons. The fraction of sp³-hybridized carbons (Fsp3) is 0.357. The van der Waals surface area contributed by atoms with Crippen molar-refractivity contribution >= 4 is 17.9 Å². The van der Waals surface area contributed by atoms with Crippen LogP contribution in [0.15, 0.2) is 24.3 Å². The molecule has 0 aromatic heterocycles. The summed E-state index contributed by atoms with van der Waals surface area (Å²) in [5.41, 5.74) is -1.93. The molecule has 1 aliphatic rings. The van der Waals surface area contributed by atoms with Gasteiger partial charge in [0.2, 0.25) is 5.72 Å². The highest BCUT2D eigenvalue weighted by Crippen LogP contribution is 2.35. The summed E-state index contributed by atoms with van der Waals surface area (Å²) in [5, 5.41) is 19.5. The number of likely N-dealkylation sites (N-methyl/N-ethyl adjacent to an activating group) is 1. The third kappa shape index (κ3) is 2.06. The molecule has 1 atom stereocenters. The van der Waals surface area contributed by atoms with Gasteiger partial charge in [-0.25, -0.2) is 9.59 Å². The van der Waals surface area contributed by atoms with Crippen LogP contribution in [0.5, 0.6) is 0 Å². The Morgan fingerprint density at radius 3 is 2.10 bits per heavy atom. The van der Waals surface area contributed by atoms with Crippen LogP contribution in [-0.4, -0.2) is 51.0 Å². The van der Waals surface area contributed by atoms with Crippen LogP contribution in [0, 0.1) is 0 Å². The lowest BCUT2D eigenvalue weighted by Crippen LogP contribution is -2.45. The molecule has 1 aromatic rings. The Balaban J connectivity index is 2.48. The van der Waals surface area contributed by atoms with Gasteiger partial charge in [-0.05, 0) is 26.0 Å².